The minimum absolute atomic E-state index is 0.0359. The first-order valence-electron chi connectivity index (χ1n) is 11.4. The molecule has 2 heterocycles. The molecule has 0 spiro atoms. The number of ether oxygens (including phenoxy) is 1. The number of thiazole rings is 1. The third-order valence-electron chi connectivity index (χ3n) is 5.52. The Hall–Kier alpha value is -3.59. The number of anilines is 2. The molecule has 3 N–H and O–H groups in total. The number of amides is 4. The highest BCUT2D eigenvalue weighted by atomic mass is 32.1. The fourth-order valence-electron chi connectivity index (χ4n) is 3.62. The second-order valence-corrected chi connectivity index (χ2v) is 8.82. The lowest BCUT2D eigenvalue weighted by Crippen LogP contribution is -2.49. The average molecular weight is 544 g/mol. The first kappa shape index (κ1) is 28.0. The zero-order chi connectivity index (χ0) is 26.9. The minimum Gasteiger partial charge on any atom is -0.442 e. The Morgan fingerprint density at radius 3 is 2.70 bits per heavy atom. The van der Waals surface area contributed by atoms with E-state index in [1.807, 2.05) is 17.6 Å². The van der Waals surface area contributed by atoms with Crippen LogP contribution in [0.1, 0.15) is 11.9 Å². The van der Waals surface area contributed by atoms with Gasteiger partial charge in [0.05, 0.1) is 37.6 Å². The van der Waals surface area contributed by atoms with E-state index in [-0.39, 0.29) is 37.0 Å². The molecule has 3 rings (SSSR count). The standard InChI is InChI=1S/C22H28F3N7O4S/c1-3-30(7-8-32(26-2)21(34)29-12-18-27-6-9-37-18)17-5-4-14(10-16(17)23)31-13-15(36-22(31)35)11-28-20(33)19(24)25/h4-6,9-10,15,19,26H,3,7-8,11-13H2,1-2H3,(H,28,33)(H,29,34)/t15-/m0/s1. The first-order chi connectivity index (χ1) is 17.7. The number of nitrogens with one attached hydrogen (secondary N) is 3. The van der Waals surface area contributed by atoms with Gasteiger partial charge in [0.1, 0.15) is 16.9 Å². The van der Waals surface area contributed by atoms with Crippen molar-refractivity contribution in [2.24, 2.45) is 0 Å². The van der Waals surface area contributed by atoms with Crippen LogP contribution in [0.2, 0.25) is 0 Å². The van der Waals surface area contributed by atoms with Gasteiger partial charge in [0, 0.05) is 31.7 Å². The van der Waals surface area contributed by atoms with Gasteiger partial charge in [-0.2, -0.15) is 8.78 Å². The van der Waals surface area contributed by atoms with Crippen LogP contribution in [-0.4, -0.2) is 80.3 Å². The molecule has 0 radical (unpaired) electrons. The van der Waals surface area contributed by atoms with Crippen LogP contribution in [0.4, 0.5) is 34.1 Å². The van der Waals surface area contributed by atoms with E-state index in [1.165, 1.54) is 28.5 Å². The molecular formula is C22H28F3N7O4S. The zero-order valence-corrected chi connectivity index (χ0v) is 21.1. The van der Waals surface area contributed by atoms with E-state index in [4.69, 9.17) is 4.74 Å². The maximum absolute atomic E-state index is 15.1. The van der Waals surface area contributed by atoms with Gasteiger partial charge in [-0.3, -0.25) is 14.7 Å². The molecule has 1 aromatic carbocycles. The van der Waals surface area contributed by atoms with Gasteiger partial charge in [0.15, 0.2) is 0 Å². The van der Waals surface area contributed by atoms with Crippen molar-refractivity contribution in [3.8, 4) is 0 Å². The summed E-state index contributed by atoms with van der Waals surface area (Å²) in [5.74, 6) is -2.05. The molecule has 15 heteroatoms. The monoisotopic (exact) mass is 543 g/mol. The SMILES string of the molecule is CCN(CCN(NC)C(=O)NCc1nccs1)c1ccc(N2C[C@H](CNC(=O)C(F)F)OC2=O)cc1F. The van der Waals surface area contributed by atoms with Crippen LogP contribution in [-0.2, 0) is 16.1 Å². The molecular weight excluding hydrogens is 515 g/mol. The van der Waals surface area contributed by atoms with Crippen molar-refractivity contribution in [2.45, 2.75) is 26.0 Å². The molecule has 2 aromatic rings. The predicted molar refractivity (Wildman–Crippen MR) is 131 cm³/mol. The molecule has 0 bridgehead atoms. The van der Waals surface area contributed by atoms with Crippen molar-refractivity contribution in [3.63, 3.8) is 0 Å². The summed E-state index contributed by atoms with van der Waals surface area (Å²) in [4.78, 5) is 42.7. The molecule has 1 saturated heterocycles. The third-order valence-corrected chi connectivity index (χ3v) is 6.30. The lowest BCUT2D eigenvalue weighted by Gasteiger charge is -2.28. The predicted octanol–water partition coefficient (Wildman–Crippen LogP) is 2.16. The Labute approximate surface area is 215 Å². The molecule has 0 saturated carbocycles. The number of nitrogens with zero attached hydrogens (tertiary/aromatic N) is 4. The number of aromatic nitrogens is 1. The van der Waals surface area contributed by atoms with Gasteiger partial charge in [-0.1, -0.05) is 0 Å². The number of urea groups is 1. The second-order valence-electron chi connectivity index (χ2n) is 7.84. The van der Waals surface area contributed by atoms with Crippen molar-refractivity contribution < 1.29 is 32.3 Å². The second kappa shape index (κ2) is 13.1. The summed E-state index contributed by atoms with van der Waals surface area (Å²) in [5.41, 5.74) is 3.32. The molecule has 37 heavy (non-hydrogen) atoms. The summed E-state index contributed by atoms with van der Waals surface area (Å²) in [6.07, 6.45) is -3.14. The molecule has 0 unspecified atom stereocenters. The molecule has 1 aromatic heterocycles. The molecule has 1 aliphatic rings. The Morgan fingerprint density at radius 2 is 2.08 bits per heavy atom. The highest BCUT2D eigenvalue weighted by molar-refractivity contribution is 7.09. The number of carbonyl (C=O) groups excluding carboxylic acids is 3. The number of hydrazine groups is 1. The Balaban J connectivity index is 1.57. The molecule has 202 valence electrons. The van der Waals surface area contributed by atoms with Crippen molar-refractivity contribution >= 4 is 40.7 Å². The molecule has 1 aliphatic heterocycles. The summed E-state index contributed by atoms with van der Waals surface area (Å²) < 4.78 is 44.8. The van der Waals surface area contributed by atoms with Crippen LogP contribution in [0.25, 0.3) is 0 Å². The quantitative estimate of drug-likeness (QED) is 0.351. The van der Waals surface area contributed by atoms with Gasteiger partial charge in [-0.15, -0.1) is 11.3 Å². The van der Waals surface area contributed by atoms with Gasteiger partial charge < -0.3 is 20.3 Å². The molecule has 4 amide bonds. The van der Waals surface area contributed by atoms with Crippen molar-refractivity contribution in [1.82, 2.24) is 26.1 Å². The van der Waals surface area contributed by atoms with Crippen molar-refractivity contribution in [3.05, 3.63) is 40.6 Å². The van der Waals surface area contributed by atoms with Crippen LogP contribution >= 0.6 is 11.3 Å². The van der Waals surface area contributed by atoms with E-state index in [1.54, 1.807) is 24.2 Å². The highest BCUT2D eigenvalue weighted by Crippen LogP contribution is 2.28. The molecule has 0 aliphatic carbocycles. The summed E-state index contributed by atoms with van der Waals surface area (Å²) in [7, 11) is 1.61. The maximum atomic E-state index is 15.1. The van der Waals surface area contributed by atoms with E-state index in [0.29, 0.717) is 19.6 Å². The number of likely N-dealkylation sites (N-methyl/N-ethyl adjacent to an activating group) is 1. The Kier molecular flexibility index (Phi) is 9.91. The number of halogens is 3. The van der Waals surface area contributed by atoms with Gasteiger partial charge >= 0.3 is 18.5 Å². The lowest BCUT2D eigenvalue weighted by atomic mass is 10.2. The van der Waals surface area contributed by atoms with E-state index < -0.39 is 30.3 Å². The highest BCUT2D eigenvalue weighted by Gasteiger charge is 2.33. The number of hydrogen-bond acceptors (Lipinski definition) is 8. The van der Waals surface area contributed by atoms with Crippen molar-refractivity contribution in [1.29, 1.82) is 0 Å². The number of benzene rings is 1. The van der Waals surface area contributed by atoms with Gasteiger partial charge in [-0.05, 0) is 25.1 Å². The number of rotatable bonds is 12. The topological polar surface area (TPSA) is 119 Å². The third kappa shape index (κ3) is 7.45. The van der Waals surface area contributed by atoms with Crippen LogP contribution in [0.5, 0.6) is 0 Å². The smallest absolute Gasteiger partial charge is 0.414 e. The first-order valence-corrected chi connectivity index (χ1v) is 12.3. The largest absolute Gasteiger partial charge is 0.442 e. The van der Waals surface area contributed by atoms with E-state index in [0.717, 1.165) is 9.91 Å². The van der Waals surface area contributed by atoms with Gasteiger partial charge in [0.25, 0.3) is 5.91 Å². The molecule has 1 atom stereocenters. The molecule has 1 fully saturated rings. The minimum atomic E-state index is -3.17. The van der Waals surface area contributed by atoms with Crippen LogP contribution in [0.15, 0.2) is 29.8 Å². The van der Waals surface area contributed by atoms with Crippen LogP contribution < -0.4 is 25.9 Å². The Bertz CT molecular complexity index is 1080. The summed E-state index contributed by atoms with van der Waals surface area (Å²) in [5, 5.41) is 8.72. The number of carbonyl (C=O) groups is 3. The fraction of sp³-hybridized carbons (Fsp3) is 0.455. The summed E-state index contributed by atoms with van der Waals surface area (Å²) in [6.45, 7) is 2.83. The van der Waals surface area contributed by atoms with Crippen molar-refractivity contribution in [2.75, 3.05) is 49.6 Å². The normalized spacial score (nSPS) is 15.0. The number of hydrogen-bond donors (Lipinski definition) is 3. The van der Waals surface area contributed by atoms with Gasteiger partial charge in [0.2, 0.25) is 0 Å². The Morgan fingerprint density at radius 1 is 1.30 bits per heavy atom. The van der Waals surface area contributed by atoms with Crippen LogP contribution in [0, 0.1) is 5.82 Å². The van der Waals surface area contributed by atoms with E-state index in [9.17, 15) is 23.2 Å². The molecule has 11 nitrogen and oxygen atoms in total. The average Bonchev–Trinajstić information content (AvgIpc) is 3.53. The maximum Gasteiger partial charge on any atom is 0.414 e. The van der Waals surface area contributed by atoms with Crippen LogP contribution in [0.3, 0.4) is 0 Å². The zero-order valence-electron chi connectivity index (χ0n) is 20.2. The summed E-state index contributed by atoms with van der Waals surface area (Å²) in [6, 6.07) is 3.88. The summed E-state index contributed by atoms with van der Waals surface area (Å²) >= 11 is 1.43. The fourth-order valence-corrected chi connectivity index (χ4v) is 4.18. The lowest BCUT2D eigenvalue weighted by molar-refractivity contribution is -0.132. The van der Waals surface area contributed by atoms with Gasteiger partial charge in [-0.25, -0.2) is 24.4 Å². The number of cyclic esters (lactones) is 1. The number of alkyl halides is 2. The van der Waals surface area contributed by atoms with E-state index >= 15 is 4.39 Å². The van der Waals surface area contributed by atoms with E-state index in [2.05, 4.69) is 15.7 Å².